The lowest BCUT2D eigenvalue weighted by atomic mass is 10.3. The number of halogens is 1. The van der Waals surface area contributed by atoms with E-state index in [0.717, 1.165) is 0 Å². The maximum absolute atomic E-state index is 5.12. The molecule has 0 bridgehead atoms. The summed E-state index contributed by atoms with van der Waals surface area (Å²) in [6.07, 6.45) is 2.06. The van der Waals surface area contributed by atoms with Gasteiger partial charge in [-0.2, -0.15) is 0 Å². The molecule has 0 fully saturated rings. The number of nitrogens with one attached hydrogen (secondary N) is 1. The van der Waals surface area contributed by atoms with E-state index in [1.165, 1.54) is 3.58 Å². The van der Waals surface area contributed by atoms with Crippen molar-refractivity contribution in [3.8, 4) is 0 Å². The van der Waals surface area contributed by atoms with Crippen molar-refractivity contribution in [2.75, 3.05) is 0 Å². The first kappa shape index (κ1) is 8.39. The van der Waals surface area contributed by atoms with Crippen LogP contribution in [0.5, 0.6) is 0 Å². The maximum Gasteiger partial charge on any atom is 0.0372 e. The van der Waals surface area contributed by atoms with Gasteiger partial charge in [-0.05, 0) is 40.0 Å². The molecule has 0 aliphatic heterocycles. The third-order valence-corrected chi connectivity index (χ3v) is 1.10. The summed E-state index contributed by atoms with van der Waals surface area (Å²) in [5.41, 5.74) is 2.62. The van der Waals surface area contributed by atoms with Crippen molar-refractivity contribution < 1.29 is 0 Å². The molecule has 3 heteroatoms. The van der Waals surface area contributed by atoms with E-state index in [9.17, 15) is 0 Å². The molecule has 0 aromatic carbocycles. The molecule has 1 unspecified atom stereocenters. The lowest BCUT2D eigenvalue weighted by Crippen LogP contribution is -2.30. The molecule has 2 nitrogen and oxygen atoms in total. The molecule has 48 valence electrons. The number of nitrogens with two attached hydrogens (primary N) is 1. The molecular formula is C5H11IN2. The molecule has 0 amide bonds. The highest BCUT2D eigenvalue weighted by molar-refractivity contribution is 14.1. The monoisotopic (exact) mass is 226 g/mol. The summed E-state index contributed by atoms with van der Waals surface area (Å²) in [4.78, 5) is 0. The molecule has 0 saturated carbocycles. The minimum atomic E-state index is 0.284. The summed E-state index contributed by atoms with van der Waals surface area (Å²) in [6.45, 7) is 4.04. The van der Waals surface area contributed by atoms with E-state index in [1.807, 2.05) is 13.8 Å². The molecule has 0 aromatic heterocycles. The Bertz CT molecular complexity index is 86.4. The molecule has 0 heterocycles. The molecule has 3 N–H and O–H groups in total. The number of hydrazine groups is 1. The summed E-state index contributed by atoms with van der Waals surface area (Å²) >= 11 is 2.25. The average molecular weight is 226 g/mol. The van der Waals surface area contributed by atoms with Crippen LogP contribution in [0.4, 0.5) is 0 Å². The van der Waals surface area contributed by atoms with Crippen molar-refractivity contribution in [2.45, 2.75) is 19.9 Å². The molecule has 0 aromatic rings. The van der Waals surface area contributed by atoms with Crippen molar-refractivity contribution >= 4 is 22.6 Å². The quantitative estimate of drug-likeness (QED) is 0.421. The Morgan fingerprint density at radius 2 is 2.38 bits per heavy atom. The summed E-state index contributed by atoms with van der Waals surface area (Å²) < 4.78 is 1.26. The predicted molar refractivity (Wildman–Crippen MR) is 44.6 cm³/mol. The Kier molecular flexibility index (Phi) is 4.50. The summed E-state index contributed by atoms with van der Waals surface area (Å²) in [5, 5.41) is 0. The molecular weight excluding hydrogens is 215 g/mol. The fourth-order valence-corrected chi connectivity index (χ4v) is 0.932. The number of rotatable bonds is 2. The molecule has 0 aliphatic rings. The van der Waals surface area contributed by atoms with Crippen LogP contribution in [0, 0.1) is 0 Å². The Morgan fingerprint density at radius 3 is 2.50 bits per heavy atom. The van der Waals surface area contributed by atoms with Gasteiger partial charge in [-0.15, -0.1) is 0 Å². The van der Waals surface area contributed by atoms with Crippen molar-refractivity contribution in [3.05, 3.63) is 9.66 Å². The standard InChI is InChI=1S/C5H11IN2/c1-4(6)3-5(2)8-7/h3,5,8H,7H2,1-2H3/b4-3-. The number of allylic oxidation sites excluding steroid dienone is 1. The van der Waals surface area contributed by atoms with Gasteiger partial charge in [0.1, 0.15) is 0 Å². The highest BCUT2D eigenvalue weighted by Gasteiger charge is 1.89. The number of hydrogen-bond acceptors (Lipinski definition) is 2. The third kappa shape index (κ3) is 4.55. The van der Waals surface area contributed by atoms with Gasteiger partial charge in [0.05, 0.1) is 0 Å². The van der Waals surface area contributed by atoms with Gasteiger partial charge in [0.2, 0.25) is 0 Å². The zero-order valence-electron chi connectivity index (χ0n) is 5.11. The van der Waals surface area contributed by atoms with Gasteiger partial charge in [-0.25, -0.2) is 0 Å². The van der Waals surface area contributed by atoms with Crippen LogP contribution in [0.2, 0.25) is 0 Å². The van der Waals surface area contributed by atoms with E-state index in [1.54, 1.807) is 0 Å². The van der Waals surface area contributed by atoms with E-state index in [0.29, 0.717) is 0 Å². The minimum Gasteiger partial charge on any atom is -0.271 e. The largest absolute Gasteiger partial charge is 0.271 e. The predicted octanol–water partition coefficient (Wildman–Crippen LogP) is 1.18. The van der Waals surface area contributed by atoms with Crippen LogP contribution in [-0.4, -0.2) is 6.04 Å². The van der Waals surface area contributed by atoms with E-state index >= 15 is 0 Å². The topological polar surface area (TPSA) is 38.0 Å². The fraction of sp³-hybridized carbons (Fsp3) is 0.600. The van der Waals surface area contributed by atoms with Gasteiger partial charge >= 0.3 is 0 Å². The van der Waals surface area contributed by atoms with Crippen molar-refractivity contribution in [1.29, 1.82) is 0 Å². The molecule has 1 atom stereocenters. The van der Waals surface area contributed by atoms with Crippen LogP contribution in [0.1, 0.15) is 13.8 Å². The zero-order chi connectivity index (χ0) is 6.57. The van der Waals surface area contributed by atoms with E-state index in [2.05, 4.69) is 34.1 Å². The Labute approximate surface area is 63.6 Å². The lowest BCUT2D eigenvalue weighted by Gasteiger charge is -2.01. The van der Waals surface area contributed by atoms with Crippen LogP contribution in [0.3, 0.4) is 0 Å². The highest BCUT2D eigenvalue weighted by Crippen LogP contribution is 2.03. The van der Waals surface area contributed by atoms with Crippen LogP contribution >= 0.6 is 22.6 Å². The van der Waals surface area contributed by atoms with Gasteiger partial charge < -0.3 is 0 Å². The van der Waals surface area contributed by atoms with Gasteiger partial charge in [0.25, 0.3) is 0 Å². The number of hydrogen-bond donors (Lipinski definition) is 2. The van der Waals surface area contributed by atoms with Gasteiger partial charge in [-0.1, -0.05) is 6.08 Å². The van der Waals surface area contributed by atoms with Gasteiger partial charge in [0.15, 0.2) is 0 Å². The molecule has 0 saturated heterocycles. The first-order valence-electron chi connectivity index (χ1n) is 2.47. The highest BCUT2D eigenvalue weighted by atomic mass is 127. The average Bonchev–Trinajstić information content (AvgIpc) is 1.65. The van der Waals surface area contributed by atoms with Crippen molar-refractivity contribution in [1.82, 2.24) is 5.43 Å². The summed E-state index contributed by atoms with van der Waals surface area (Å²) in [6, 6.07) is 0.284. The first-order valence-corrected chi connectivity index (χ1v) is 3.54. The molecule has 0 rings (SSSR count). The van der Waals surface area contributed by atoms with Crippen LogP contribution in [0.25, 0.3) is 0 Å². The van der Waals surface area contributed by atoms with Crippen molar-refractivity contribution in [2.24, 2.45) is 5.84 Å². The van der Waals surface area contributed by atoms with E-state index < -0.39 is 0 Å². The smallest absolute Gasteiger partial charge is 0.0372 e. The molecule has 0 spiro atoms. The third-order valence-electron chi connectivity index (χ3n) is 0.743. The second kappa shape index (κ2) is 4.29. The molecule has 8 heavy (non-hydrogen) atoms. The van der Waals surface area contributed by atoms with E-state index in [-0.39, 0.29) is 6.04 Å². The molecule has 0 aliphatic carbocycles. The summed E-state index contributed by atoms with van der Waals surface area (Å²) in [7, 11) is 0. The zero-order valence-corrected chi connectivity index (χ0v) is 7.27. The Morgan fingerprint density at radius 1 is 1.88 bits per heavy atom. The second-order valence-electron chi connectivity index (χ2n) is 1.71. The first-order chi connectivity index (χ1) is 3.66. The van der Waals surface area contributed by atoms with Gasteiger partial charge in [-0.3, -0.25) is 11.3 Å². The van der Waals surface area contributed by atoms with Crippen LogP contribution in [-0.2, 0) is 0 Å². The van der Waals surface area contributed by atoms with Crippen LogP contribution in [0.15, 0.2) is 9.66 Å². The Hall–Kier alpha value is 0.390. The minimum absolute atomic E-state index is 0.284. The van der Waals surface area contributed by atoms with E-state index in [4.69, 9.17) is 5.84 Å². The molecule has 0 radical (unpaired) electrons. The fourth-order valence-electron chi connectivity index (χ4n) is 0.393. The van der Waals surface area contributed by atoms with Gasteiger partial charge in [0, 0.05) is 6.04 Å². The SMILES string of the molecule is C/C(I)=C/C(C)NN. The second-order valence-corrected chi connectivity index (χ2v) is 3.41. The normalized spacial score (nSPS) is 16.2. The summed E-state index contributed by atoms with van der Waals surface area (Å²) in [5.74, 6) is 5.12. The maximum atomic E-state index is 5.12. The lowest BCUT2D eigenvalue weighted by molar-refractivity contribution is 0.668. The van der Waals surface area contributed by atoms with Crippen LogP contribution < -0.4 is 11.3 Å². The van der Waals surface area contributed by atoms with Crippen molar-refractivity contribution in [3.63, 3.8) is 0 Å². The Balaban J connectivity index is 3.51.